The first kappa shape index (κ1) is 16.8. The Morgan fingerprint density at radius 3 is 2.39 bits per heavy atom. The number of nitriles is 1. The molecule has 6 heteroatoms. The normalized spacial score (nSPS) is 16.9. The highest BCUT2D eigenvalue weighted by Gasteiger charge is 2.44. The summed E-state index contributed by atoms with van der Waals surface area (Å²) < 4.78 is 10.4. The number of hydrogen-bond acceptors (Lipinski definition) is 5. The van der Waals surface area contributed by atoms with E-state index in [-0.39, 0.29) is 5.91 Å². The molecule has 122 valence electrons. The molecule has 1 aliphatic rings. The van der Waals surface area contributed by atoms with Crippen LogP contribution in [0, 0.1) is 11.3 Å². The molecule has 0 spiro atoms. The van der Waals surface area contributed by atoms with Gasteiger partial charge in [-0.05, 0) is 44.0 Å². The van der Waals surface area contributed by atoms with E-state index in [1.165, 1.54) is 7.11 Å². The summed E-state index contributed by atoms with van der Waals surface area (Å²) in [5.74, 6) is -0.277. The molecule has 1 aromatic carbocycles. The van der Waals surface area contributed by atoms with Crippen molar-refractivity contribution in [3.63, 3.8) is 0 Å². The average Bonchev–Trinajstić information content (AvgIpc) is 3.04. The number of rotatable bonds is 5. The van der Waals surface area contributed by atoms with Crippen molar-refractivity contribution >= 4 is 11.9 Å². The molecule has 0 aromatic heterocycles. The number of hydrogen-bond donors (Lipinski definition) is 1. The number of methoxy groups -OCH3 is 1. The summed E-state index contributed by atoms with van der Waals surface area (Å²) in [6, 6.07) is 8.52. The molecule has 23 heavy (non-hydrogen) atoms. The Hall–Kier alpha value is -2.55. The zero-order chi connectivity index (χ0) is 16.9. The molecule has 6 nitrogen and oxygen atoms in total. The maximum atomic E-state index is 12.4. The number of amides is 1. The van der Waals surface area contributed by atoms with Crippen LogP contribution < -0.4 is 10.1 Å². The molecule has 1 unspecified atom stereocenters. The van der Waals surface area contributed by atoms with E-state index >= 15 is 0 Å². The van der Waals surface area contributed by atoms with Crippen molar-refractivity contribution in [1.82, 2.24) is 5.32 Å². The fraction of sp³-hybridized carbons (Fsp3) is 0.471. The van der Waals surface area contributed by atoms with Crippen molar-refractivity contribution in [2.45, 2.75) is 44.2 Å². The summed E-state index contributed by atoms with van der Waals surface area (Å²) >= 11 is 0. The van der Waals surface area contributed by atoms with Crippen molar-refractivity contribution in [2.24, 2.45) is 0 Å². The van der Waals surface area contributed by atoms with Gasteiger partial charge in [-0.3, -0.25) is 4.79 Å². The van der Waals surface area contributed by atoms with Crippen LogP contribution in [0.4, 0.5) is 0 Å². The number of benzene rings is 1. The Labute approximate surface area is 135 Å². The number of ether oxygens (including phenoxy) is 2. The molecule has 0 bridgehead atoms. The van der Waals surface area contributed by atoms with E-state index in [0.717, 1.165) is 12.8 Å². The second-order valence-corrected chi connectivity index (χ2v) is 5.67. The molecule has 1 aliphatic carbocycles. The summed E-state index contributed by atoms with van der Waals surface area (Å²) in [5, 5.41) is 11.6. The van der Waals surface area contributed by atoms with Gasteiger partial charge in [0.15, 0.2) is 6.10 Å². The lowest BCUT2D eigenvalue weighted by Crippen LogP contribution is -2.56. The fourth-order valence-corrected chi connectivity index (χ4v) is 2.76. The lowest BCUT2D eigenvalue weighted by Gasteiger charge is -2.28. The predicted molar refractivity (Wildman–Crippen MR) is 82.6 cm³/mol. The third kappa shape index (κ3) is 3.81. The molecule has 2 rings (SSSR count). The Morgan fingerprint density at radius 2 is 1.87 bits per heavy atom. The maximum Gasteiger partial charge on any atom is 0.331 e. The SMILES string of the molecule is COC(=O)C1(NC(=O)C(C)Oc2ccc(C#N)cc2)CCCC1. The van der Waals surface area contributed by atoms with Crippen molar-refractivity contribution in [2.75, 3.05) is 7.11 Å². The molecule has 1 saturated carbocycles. The quantitative estimate of drug-likeness (QED) is 0.839. The summed E-state index contributed by atoms with van der Waals surface area (Å²) in [6.07, 6.45) is 2.15. The largest absolute Gasteiger partial charge is 0.481 e. The second-order valence-electron chi connectivity index (χ2n) is 5.67. The number of carbonyl (C=O) groups excluding carboxylic acids is 2. The zero-order valence-electron chi connectivity index (χ0n) is 13.3. The molecular formula is C17H20N2O4. The van der Waals surface area contributed by atoms with E-state index in [1.54, 1.807) is 31.2 Å². The molecule has 1 fully saturated rings. The van der Waals surface area contributed by atoms with Gasteiger partial charge in [0, 0.05) is 0 Å². The standard InChI is InChI=1S/C17H20N2O4/c1-12(23-14-7-5-13(11-18)6-8-14)15(20)19-17(16(21)22-2)9-3-4-10-17/h5-8,12H,3-4,9-10H2,1-2H3,(H,19,20). The van der Waals surface area contributed by atoms with E-state index in [4.69, 9.17) is 14.7 Å². The third-order valence-electron chi connectivity index (χ3n) is 4.06. The molecule has 0 saturated heterocycles. The molecule has 0 heterocycles. The lowest BCUT2D eigenvalue weighted by atomic mass is 9.97. The van der Waals surface area contributed by atoms with Crippen LogP contribution in [0.25, 0.3) is 0 Å². The summed E-state index contributed by atoms with van der Waals surface area (Å²) in [4.78, 5) is 24.4. The van der Waals surface area contributed by atoms with Crippen LogP contribution in [0.2, 0.25) is 0 Å². The minimum Gasteiger partial charge on any atom is -0.481 e. The van der Waals surface area contributed by atoms with Crippen LogP contribution in [0.3, 0.4) is 0 Å². The first-order valence-electron chi connectivity index (χ1n) is 7.58. The molecular weight excluding hydrogens is 296 g/mol. The van der Waals surface area contributed by atoms with Gasteiger partial charge in [-0.15, -0.1) is 0 Å². The van der Waals surface area contributed by atoms with Crippen LogP contribution in [-0.2, 0) is 14.3 Å². The zero-order valence-corrected chi connectivity index (χ0v) is 13.3. The van der Waals surface area contributed by atoms with Crippen molar-refractivity contribution in [3.05, 3.63) is 29.8 Å². The van der Waals surface area contributed by atoms with Crippen LogP contribution in [-0.4, -0.2) is 30.6 Å². The lowest BCUT2D eigenvalue weighted by molar-refractivity contribution is -0.151. The highest BCUT2D eigenvalue weighted by molar-refractivity contribution is 5.90. The minimum atomic E-state index is -0.936. The summed E-state index contributed by atoms with van der Waals surface area (Å²) in [6.45, 7) is 1.62. The Kier molecular flexibility index (Phi) is 5.22. The summed E-state index contributed by atoms with van der Waals surface area (Å²) in [5.41, 5.74) is -0.418. The Bertz CT molecular complexity index is 612. The first-order valence-corrected chi connectivity index (χ1v) is 7.58. The van der Waals surface area contributed by atoms with Gasteiger partial charge < -0.3 is 14.8 Å². The second kappa shape index (κ2) is 7.14. The van der Waals surface area contributed by atoms with Gasteiger partial charge in [0.1, 0.15) is 11.3 Å². The molecule has 0 aliphatic heterocycles. The van der Waals surface area contributed by atoms with E-state index in [0.29, 0.717) is 24.2 Å². The fourth-order valence-electron chi connectivity index (χ4n) is 2.76. The molecule has 1 N–H and O–H groups in total. The maximum absolute atomic E-state index is 12.4. The van der Waals surface area contributed by atoms with Crippen LogP contribution >= 0.6 is 0 Å². The number of carbonyl (C=O) groups is 2. The number of esters is 1. The molecule has 1 aromatic rings. The van der Waals surface area contributed by atoms with Gasteiger partial charge in [-0.1, -0.05) is 12.8 Å². The Balaban J connectivity index is 2.01. The highest BCUT2D eigenvalue weighted by Crippen LogP contribution is 2.31. The minimum absolute atomic E-state index is 0.360. The highest BCUT2D eigenvalue weighted by atomic mass is 16.5. The van der Waals surface area contributed by atoms with E-state index in [9.17, 15) is 9.59 Å². The molecule has 1 atom stereocenters. The van der Waals surface area contributed by atoms with Crippen LogP contribution in [0.1, 0.15) is 38.2 Å². The van der Waals surface area contributed by atoms with Crippen molar-refractivity contribution in [3.8, 4) is 11.8 Å². The predicted octanol–water partition coefficient (Wildman–Crippen LogP) is 1.93. The van der Waals surface area contributed by atoms with Gasteiger partial charge >= 0.3 is 5.97 Å². The monoisotopic (exact) mass is 316 g/mol. The van der Waals surface area contributed by atoms with E-state index in [2.05, 4.69) is 5.32 Å². The molecule has 0 radical (unpaired) electrons. The number of nitrogens with zero attached hydrogens (tertiary/aromatic N) is 1. The van der Waals surface area contributed by atoms with Crippen LogP contribution in [0.5, 0.6) is 5.75 Å². The van der Waals surface area contributed by atoms with Gasteiger partial charge in [0.25, 0.3) is 5.91 Å². The average molecular weight is 316 g/mol. The van der Waals surface area contributed by atoms with Gasteiger partial charge in [-0.2, -0.15) is 5.26 Å². The van der Waals surface area contributed by atoms with Gasteiger partial charge in [0.2, 0.25) is 0 Å². The van der Waals surface area contributed by atoms with Crippen molar-refractivity contribution < 1.29 is 19.1 Å². The third-order valence-corrected chi connectivity index (χ3v) is 4.06. The van der Waals surface area contributed by atoms with Gasteiger partial charge in [-0.25, -0.2) is 4.79 Å². The van der Waals surface area contributed by atoms with Crippen molar-refractivity contribution in [1.29, 1.82) is 5.26 Å². The van der Waals surface area contributed by atoms with Crippen LogP contribution in [0.15, 0.2) is 24.3 Å². The van der Waals surface area contributed by atoms with E-state index in [1.807, 2.05) is 6.07 Å². The smallest absolute Gasteiger partial charge is 0.331 e. The van der Waals surface area contributed by atoms with E-state index < -0.39 is 17.6 Å². The van der Waals surface area contributed by atoms with Gasteiger partial charge in [0.05, 0.1) is 18.7 Å². The summed E-state index contributed by atoms with van der Waals surface area (Å²) in [7, 11) is 1.32. The molecule has 1 amide bonds. The Morgan fingerprint density at radius 1 is 1.26 bits per heavy atom. The topological polar surface area (TPSA) is 88.4 Å². The first-order chi connectivity index (χ1) is 11.0. The number of nitrogens with one attached hydrogen (secondary N) is 1.